The van der Waals surface area contributed by atoms with Crippen molar-refractivity contribution in [3.8, 4) is 0 Å². The number of nitrogens with one attached hydrogen (secondary N) is 3. The van der Waals surface area contributed by atoms with Crippen molar-refractivity contribution in [1.82, 2.24) is 15.5 Å². The number of hydrogen-bond acceptors (Lipinski definition) is 4. The highest BCUT2D eigenvalue weighted by molar-refractivity contribution is 5.97. The molecule has 4 rings (SSSR count). The monoisotopic (exact) mass is 480 g/mol. The van der Waals surface area contributed by atoms with Gasteiger partial charge in [-0.15, -0.1) is 0 Å². The predicted octanol–water partition coefficient (Wildman–Crippen LogP) is 3.61. The zero-order valence-electron chi connectivity index (χ0n) is 20.1. The Morgan fingerprint density at radius 3 is 2.69 bits per heavy atom. The van der Waals surface area contributed by atoms with Gasteiger partial charge < -0.3 is 20.9 Å². The molecular weight excluding hydrogens is 447 g/mol. The summed E-state index contributed by atoms with van der Waals surface area (Å²) in [5, 5.41) is 9.02. The maximum atomic E-state index is 13.5. The summed E-state index contributed by atoms with van der Waals surface area (Å²) in [7, 11) is 0. The number of hydrogen-bond donors (Lipinski definition) is 3. The summed E-state index contributed by atoms with van der Waals surface area (Å²) in [5.41, 5.74) is 2.13. The van der Waals surface area contributed by atoms with E-state index in [1.54, 1.807) is 24.3 Å². The normalized spacial score (nSPS) is 22.3. The van der Waals surface area contributed by atoms with Gasteiger partial charge in [0.1, 0.15) is 5.82 Å². The van der Waals surface area contributed by atoms with E-state index in [1.807, 2.05) is 17.0 Å². The molecule has 0 bridgehead atoms. The van der Waals surface area contributed by atoms with Crippen LogP contribution in [0.5, 0.6) is 0 Å². The minimum atomic E-state index is -0.398. The molecule has 35 heavy (non-hydrogen) atoms. The molecule has 7 nitrogen and oxygen atoms in total. The molecule has 1 unspecified atom stereocenters. The second-order valence-corrected chi connectivity index (χ2v) is 9.56. The molecule has 186 valence electrons. The standard InChI is InChI=1S/C27H33FN4O3/c1-18(33)21-5-2-6-23(15-21)30-27(35)31-25-16-29-12-11-24(25)26(34)32-13-3-4-20(17-32)14-19-7-9-22(28)10-8-19/h2,5-10,15,20,24-25,29H,3-4,11-14,16-17H2,1H3,(H2,30,31,35)/t20?,24-,25-/m0/s1. The van der Waals surface area contributed by atoms with Crippen molar-refractivity contribution in [1.29, 1.82) is 0 Å². The second-order valence-electron chi connectivity index (χ2n) is 9.56. The van der Waals surface area contributed by atoms with Gasteiger partial charge in [0.2, 0.25) is 5.91 Å². The molecular formula is C27H33FN4O3. The Balaban J connectivity index is 1.36. The van der Waals surface area contributed by atoms with Crippen molar-refractivity contribution < 1.29 is 18.8 Å². The number of amides is 3. The van der Waals surface area contributed by atoms with Crippen molar-refractivity contribution >= 4 is 23.4 Å². The molecule has 0 aliphatic carbocycles. The third-order valence-corrected chi connectivity index (χ3v) is 6.91. The van der Waals surface area contributed by atoms with Crippen molar-refractivity contribution in [3.63, 3.8) is 0 Å². The maximum absolute atomic E-state index is 13.5. The summed E-state index contributed by atoms with van der Waals surface area (Å²) >= 11 is 0. The van der Waals surface area contributed by atoms with Gasteiger partial charge in [0.15, 0.2) is 5.78 Å². The molecule has 2 aliphatic heterocycles. The number of halogens is 1. The molecule has 3 N–H and O–H groups in total. The zero-order valence-corrected chi connectivity index (χ0v) is 20.1. The van der Waals surface area contributed by atoms with Crippen molar-refractivity contribution in [2.75, 3.05) is 31.5 Å². The number of carbonyl (C=O) groups excluding carboxylic acids is 3. The Kier molecular flexibility index (Phi) is 8.13. The van der Waals surface area contributed by atoms with Crippen molar-refractivity contribution in [3.05, 3.63) is 65.5 Å². The Labute approximate surface area is 205 Å². The molecule has 2 saturated heterocycles. The second kappa shape index (κ2) is 11.4. The van der Waals surface area contributed by atoms with E-state index in [9.17, 15) is 18.8 Å². The molecule has 2 aromatic rings. The number of likely N-dealkylation sites (tertiary alicyclic amines) is 1. The van der Waals surface area contributed by atoms with Crippen LogP contribution in [0, 0.1) is 17.7 Å². The molecule has 0 saturated carbocycles. The van der Waals surface area contributed by atoms with E-state index in [0.717, 1.165) is 37.9 Å². The fourth-order valence-corrected chi connectivity index (χ4v) is 5.08. The van der Waals surface area contributed by atoms with Crippen LogP contribution in [0.4, 0.5) is 14.9 Å². The lowest BCUT2D eigenvalue weighted by molar-refractivity contribution is -0.139. The fourth-order valence-electron chi connectivity index (χ4n) is 5.08. The van der Waals surface area contributed by atoms with E-state index in [0.29, 0.717) is 36.7 Å². The molecule has 8 heteroatoms. The number of Topliss-reactive ketones (excluding diaryl/α,β-unsaturated/α-hetero) is 1. The van der Waals surface area contributed by atoms with Crippen LogP contribution in [0.2, 0.25) is 0 Å². The lowest BCUT2D eigenvalue weighted by atomic mass is 9.87. The van der Waals surface area contributed by atoms with Gasteiger partial charge in [-0.25, -0.2) is 9.18 Å². The molecule has 3 amide bonds. The van der Waals surface area contributed by atoms with Crippen LogP contribution >= 0.6 is 0 Å². The number of ketones is 1. The van der Waals surface area contributed by atoms with Gasteiger partial charge in [0, 0.05) is 30.9 Å². The highest BCUT2D eigenvalue weighted by Gasteiger charge is 2.36. The van der Waals surface area contributed by atoms with E-state index in [1.165, 1.54) is 19.1 Å². The molecule has 2 heterocycles. The summed E-state index contributed by atoms with van der Waals surface area (Å²) in [5.74, 6) is -0.192. The highest BCUT2D eigenvalue weighted by atomic mass is 19.1. The third kappa shape index (κ3) is 6.66. The number of benzene rings is 2. The van der Waals surface area contributed by atoms with Crippen LogP contribution in [0.25, 0.3) is 0 Å². The van der Waals surface area contributed by atoms with E-state index in [-0.39, 0.29) is 29.5 Å². The number of rotatable bonds is 6. The number of anilines is 1. The zero-order chi connectivity index (χ0) is 24.8. The molecule has 2 aromatic carbocycles. The fraction of sp³-hybridized carbons (Fsp3) is 0.444. The first-order chi connectivity index (χ1) is 16.9. The molecule has 2 aliphatic rings. The molecule has 0 spiro atoms. The van der Waals surface area contributed by atoms with Gasteiger partial charge >= 0.3 is 6.03 Å². The van der Waals surface area contributed by atoms with E-state index < -0.39 is 6.03 Å². The lowest BCUT2D eigenvalue weighted by Crippen LogP contribution is -2.57. The van der Waals surface area contributed by atoms with Crippen LogP contribution < -0.4 is 16.0 Å². The number of carbonyl (C=O) groups is 3. The molecule has 0 radical (unpaired) electrons. The van der Waals surface area contributed by atoms with Gasteiger partial charge in [-0.2, -0.15) is 0 Å². The van der Waals surface area contributed by atoms with Crippen LogP contribution in [0.1, 0.15) is 42.1 Å². The number of urea groups is 1. The Hall–Kier alpha value is -3.26. The van der Waals surface area contributed by atoms with Gasteiger partial charge in [0.05, 0.1) is 12.0 Å². The molecule has 2 fully saturated rings. The average molecular weight is 481 g/mol. The van der Waals surface area contributed by atoms with Crippen molar-refractivity contribution in [2.24, 2.45) is 11.8 Å². The summed E-state index contributed by atoms with van der Waals surface area (Å²) in [6.45, 7) is 4.12. The molecule has 3 atom stereocenters. The summed E-state index contributed by atoms with van der Waals surface area (Å²) < 4.78 is 13.2. The summed E-state index contributed by atoms with van der Waals surface area (Å²) in [4.78, 5) is 39.8. The third-order valence-electron chi connectivity index (χ3n) is 6.91. The van der Waals surface area contributed by atoms with E-state index in [4.69, 9.17) is 0 Å². The van der Waals surface area contributed by atoms with Crippen LogP contribution in [-0.4, -0.2) is 54.8 Å². The van der Waals surface area contributed by atoms with Crippen LogP contribution in [0.3, 0.4) is 0 Å². The lowest BCUT2D eigenvalue weighted by Gasteiger charge is -2.39. The number of piperidine rings is 2. The minimum Gasteiger partial charge on any atom is -0.342 e. The Bertz CT molecular complexity index is 1060. The minimum absolute atomic E-state index is 0.0736. The van der Waals surface area contributed by atoms with Gasteiger partial charge in [-0.1, -0.05) is 24.3 Å². The smallest absolute Gasteiger partial charge is 0.319 e. The Morgan fingerprint density at radius 1 is 1.11 bits per heavy atom. The molecule has 0 aromatic heterocycles. The summed E-state index contributed by atoms with van der Waals surface area (Å²) in [6, 6.07) is 12.6. The van der Waals surface area contributed by atoms with Gasteiger partial charge in [-0.05, 0) is 74.9 Å². The largest absolute Gasteiger partial charge is 0.342 e. The Morgan fingerprint density at radius 2 is 1.91 bits per heavy atom. The van der Waals surface area contributed by atoms with Crippen molar-refractivity contribution in [2.45, 2.75) is 38.6 Å². The predicted molar refractivity (Wildman–Crippen MR) is 133 cm³/mol. The first kappa shape index (κ1) is 24.9. The summed E-state index contributed by atoms with van der Waals surface area (Å²) in [6.07, 6.45) is 3.45. The van der Waals surface area contributed by atoms with Gasteiger partial charge in [0.25, 0.3) is 0 Å². The topological polar surface area (TPSA) is 90.5 Å². The van der Waals surface area contributed by atoms with Crippen LogP contribution in [0.15, 0.2) is 48.5 Å². The average Bonchev–Trinajstić information content (AvgIpc) is 2.85. The first-order valence-corrected chi connectivity index (χ1v) is 12.3. The first-order valence-electron chi connectivity index (χ1n) is 12.3. The van der Waals surface area contributed by atoms with Gasteiger partial charge in [-0.3, -0.25) is 9.59 Å². The number of nitrogens with zero attached hydrogens (tertiary/aromatic N) is 1. The quantitative estimate of drug-likeness (QED) is 0.551. The van der Waals surface area contributed by atoms with Crippen LogP contribution in [-0.2, 0) is 11.2 Å². The van der Waals surface area contributed by atoms with E-state index >= 15 is 0 Å². The maximum Gasteiger partial charge on any atom is 0.319 e. The van der Waals surface area contributed by atoms with E-state index in [2.05, 4.69) is 16.0 Å². The SMILES string of the molecule is CC(=O)c1cccc(NC(=O)N[C@H]2CNCC[C@@H]2C(=O)N2CCCC(Cc3ccc(F)cc3)C2)c1. The highest BCUT2D eigenvalue weighted by Crippen LogP contribution is 2.25.